The molecule has 0 radical (unpaired) electrons. The Morgan fingerprint density at radius 2 is 2.10 bits per heavy atom. The van der Waals surface area contributed by atoms with E-state index in [0.717, 1.165) is 17.7 Å². The fourth-order valence-electron chi connectivity index (χ4n) is 2.12. The van der Waals surface area contributed by atoms with E-state index >= 15 is 0 Å². The Hall–Kier alpha value is -2.14. The summed E-state index contributed by atoms with van der Waals surface area (Å²) >= 11 is 0. The third-order valence-corrected chi connectivity index (χ3v) is 3.43. The van der Waals surface area contributed by atoms with Crippen molar-refractivity contribution >= 4 is 5.69 Å². The van der Waals surface area contributed by atoms with E-state index in [2.05, 4.69) is 12.2 Å². The molecule has 20 heavy (non-hydrogen) atoms. The van der Waals surface area contributed by atoms with E-state index in [1.165, 1.54) is 6.07 Å². The second-order valence-electron chi connectivity index (χ2n) is 4.87. The topological polar surface area (TPSA) is 68.3 Å². The minimum absolute atomic E-state index is 0.115. The van der Waals surface area contributed by atoms with Gasteiger partial charge in [0.25, 0.3) is 5.69 Å². The smallest absolute Gasteiger partial charge is 0.273 e. The summed E-state index contributed by atoms with van der Waals surface area (Å²) in [5.41, 5.74) is 1.51. The maximum absolute atomic E-state index is 11.0. The Morgan fingerprint density at radius 1 is 1.35 bits per heavy atom. The number of benzene rings is 1. The molecule has 1 unspecified atom stereocenters. The van der Waals surface area contributed by atoms with Gasteiger partial charge in [0.15, 0.2) is 0 Å². The summed E-state index contributed by atoms with van der Waals surface area (Å²) in [7, 11) is 1.90. The first kappa shape index (κ1) is 14.3. The van der Waals surface area contributed by atoms with Crippen molar-refractivity contribution in [3.63, 3.8) is 0 Å². The standard InChI is InChI=1S/C15H18N2O3/c1-10(16-3)9-12-7-8-15(20-12)13-5-4-6-14(11(13)2)17(18)19/h4-8,10,16H,9H2,1-3H3. The number of hydrogen-bond donors (Lipinski definition) is 1. The van der Waals surface area contributed by atoms with Gasteiger partial charge in [0.2, 0.25) is 0 Å². The Labute approximate surface area is 117 Å². The highest BCUT2D eigenvalue weighted by Gasteiger charge is 2.16. The number of hydrogen-bond acceptors (Lipinski definition) is 4. The first-order chi connectivity index (χ1) is 9.52. The summed E-state index contributed by atoms with van der Waals surface area (Å²) < 4.78 is 5.80. The van der Waals surface area contributed by atoms with Crippen LogP contribution in [-0.2, 0) is 6.42 Å². The van der Waals surface area contributed by atoms with Crippen LogP contribution in [0, 0.1) is 17.0 Å². The highest BCUT2D eigenvalue weighted by Crippen LogP contribution is 2.31. The van der Waals surface area contributed by atoms with Gasteiger partial charge in [-0.05, 0) is 33.0 Å². The summed E-state index contributed by atoms with van der Waals surface area (Å²) in [5.74, 6) is 1.54. The second-order valence-corrected chi connectivity index (χ2v) is 4.87. The molecule has 0 amide bonds. The van der Waals surface area contributed by atoms with E-state index in [1.54, 1.807) is 13.0 Å². The third-order valence-electron chi connectivity index (χ3n) is 3.43. The number of furan rings is 1. The molecule has 2 aromatic rings. The summed E-state index contributed by atoms with van der Waals surface area (Å²) in [6.45, 7) is 3.81. The van der Waals surface area contributed by atoms with Crippen LogP contribution < -0.4 is 5.32 Å². The molecule has 0 aliphatic rings. The monoisotopic (exact) mass is 274 g/mol. The summed E-state index contributed by atoms with van der Waals surface area (Å²) in [6.07, 6.45) is 0.782. The van der Waals surface area contributed by atoms with Gasteiger partial charge in [-0.1, -0.05) is 12.1 Å². The van der Waals surface area contributed by atoms with Gasteiger partial charge in [-0.2, -0.15) is 0 Å². The first-order valence-corrected chi connectivity index (χ1v) is 6.53. The van der Waals surface area contributed by atoms with Gasteiger partial charge < -0.3 is 9.73 Å². The van der Waals surface area contributed by atoms with Crippen LogP contribution in [-0.4, -0.2) is 18.0 Å². The average molecular weight is 274 g/mol. The van der Waals surface area contributed by atoms with Crippen molar-refractivity contribution in [2.24, 2.45) is 0 Å². The van der Waals surface area contributed by atoms with Gasteiger partial charge in [0, 0.05) is 29.7 Å². The molecule has 1 N–H and O–H groups in total. The number of rotatable bonds is 5. The van der Waals surface area contributed by atoms with E-state index < -0.39 is 0 Å². The van der Waals surface area contributed by atoms with Crippen molar-refractivity contribution in [3.8, 4) is 11.3 Å². The number of nitrogens with one attached hydrogen (secondary N) is 1. The Morgan fingerprint density at radius 3 is 2.75 bits per heavy atom. The number of nitro groups is 1. The SMILES string of the molecule is CNC(C)Cc1ccc(-c2cccc([N+](=O)[O-])c2C)o1. The van der Waals surface area contributed by atoms with Gasteiger partial charge in [-0.25, -0.2) is 0 Å². The van der Waals surface area contributed by atoms with Gasteiger partial charge in [0.05, 0.1) is 4.92 Å². The summed E-state index contributed by atoms with van der Waals surface area (Å²) in [4.78, 5) is 10.6. The Bertz CT molecular complexity index is 619. The molecule has 1 aromatic heterocycles. The van der Waals surface area contributed by atoms with Crippen molar-refractivity contribution < 1.29 is 9.34 Å². The molecule has 0 saturated carbocycles. The lowest BCUT2D eigenvalue weighted by Gasteiger charge is -2.07. The average Bonchev–Trinajstić information content (AvgIpc) is 2.86. The molecular formula is C15H18N2O3. The summed E-state index contributed by atoms with van der Waals surface area (Å²) in [6, 6.07) is 9.13. The molecule has 1 heterocycles. The molecule has 1 atom stereocenters. The quantitative estimate of drug-likeness (QED) is 0.671. The molecule has 1 aromatic carbocycles. The molecule has 0 aliphatic heterocycles. The van der Waals surface area contributed by atoms with Crippen LogP contribution in [0.1, 0.15) is 18.2 Å². The number of nitrogens with zero attached hydrogens (tertiary/aromatic N) is 1. The van der Waals surface area contributed by atoms with E-state index in [0.29, 0.717) is 17.4 Å². The molecule has 2 rings (SSSR count). The first-order valence-electron chi connectivity index (χ1n) is 6.53. The zero-order valence-corrected chi connectivity index (χ0v) is 11.8. The molecule has 0 bridgehead atoms. The lowest BCUT2D eigenvalue weighted by Crippen LogP contribution is -2.23. The lowest BCUT2D eigenvalue weighted by molar-refractivity contribution is -0.385. The minimum Gasteiger partial charge on any atom is -0.461 e. The lowest BCUT2D eigenvalue weighted by atomic mass is 10.1. The van der Waals surface area contributed by atoms with Crippen LogP contribution in [0.25, 0.3) is 11.3 Å². The highest BCUT2D eigenvalue weighted by molar-refractivity contribution is 5.67. The molecule has 0 fully saturated rings. The van der Waals surface area contributed by atoms with Crippen LogP contribution in [0.2, 0.25) is 0 Å². The summed E-state index contributed by atoms with van der Waals surface area (Å²) in [5, 5.41) is 14.1. The van der Waals surface area contributed by atoms with E-state index in [4.69, 9.17) is 4.42 Å². The van der Waals surface area contributed by atoms with E-state index in [9.17, 15) is 10.1 Å². The molecule has 0 aliphatic carbocycles. The van der Waals surface area contributed by atoms with Crippen molar-refractivity contribution in [2.75, 3.05) is 7.05 Å². The predicted octanol–water partition coefficient (Wildman–Crippen LogP) is 3.31. The third kappa shape index (κ3) is 2.88. The van der Waals surface area contributed by atoms with Gasteiger partial charge in [-0.15, -0.1) is 0 Å². The molecule has 0 saturated heterocycles. The fraction of sp³-hybridized carbons (Fsp3) is 0.333. The molecular weight excluding hydrogens is 256 g/mol. The van der Waals surface area contributed by atoms with Crippen LogP contribution in [0.3, 0.4) is 0 Å². The van der Waals surface area contributed by atoms with Crippen LogP contribution >= 0.6 is 0 Å². The fourth-order valence-corrected chi connectivity index (χ4v) is 2.12. The predicted molar refractivity (Wildman–Crippen MR) is 77.8 cm³/mol. The van der Waals surface area contributed by atoms with Crippen molar-refractivity contribution in [3.05, 3.63) is 51.8 Å². The van der Waals surface area contributed by atoms with Gasteiger partial charge in [-0.3, -0.25) is 10.1 Å². The molecule has 0 spiro atoms. The minimum atomic E-state index is -0.369. The van der Waals surface area contributed by atoms with Gasteiger partial charge in [0.1, 0.15) is 11.5 Å². The normalized spacial score (nSPS) is 12.3. The van der Waals surface area contributed by atoms with Crippen LogP contribution in [0.5, 0.6) is 0 Å². The number of nitro benzene ring substituents is 1. The van der Waals surface area contributed by atoms with Gasteiger partial charge >= 0.3 is 0 Å². The van der Waals surface area contributed by atoms with Crippen molar-refractivity contribution in [2.45, 2.75) is 26.3 Å². The molecule has 5 heteroatoms. The van der Waals surface area contributed by atoms with Crippen LogP contribution in [0.15, 0.2) is 34.7 Å². The highest BCUT2D eigenvalue weighted by atomic mass is 16.6. The number of likely N-dealkylation sites (N-methyl/N-ethyl adjacent to an activating group) is 1. The largest absolute Gasteiger partial charge is 0.461 e. The Kier molecular flexibility index (Phi) is 4.20. The zero-order valence-electron chi connectivity index (χ0n) is 11.8. The molecule has 106 valence electrons. The zero-order chi connectivity index (χ0) is 14.7. The Balaban J connectivity index is 2.33. The van der Waals surface area contributed by atoms with E-state index in [1.807, 2.05) is 25.2 Å². The maximum Gasteiger partial charge on any atom is 0.273 e. The molecule has 5 nitrogen and oxygen atoms in total. The van der Waals surface area contributed by atoms with Crippen LogP contribution in [0.4, 0.5) is 5.69 Å². The maximum atomic E-state index is 11.0. The van der Waals surface area contributed by atoms with E-state index in [-0.39, 0.29) is 10.6 Å². The van der Waals surface area contributed by atoms with Crippen molar-refractivity contribution in [1.29, 1.82) is 0 Å². The van der Waals surface area contributed by atoms with Crippen molar-refractivity contribution in [1.82, 2.24) is 5.32 Å². The second kappa shape index (κ2) is 5.88.